The van der Waals surface area contributed by atoms with Crippen molar-refractivity contribution in [3.05, 3.63) is 17.2 Å². The van der Waals surface area contributed by atoms with Gasteiger partial charge in [0.15, 0.2) is 0 Å². The van der Waals surface area contributed by atoms with Crippen molar-refractivity contribution in [2.45, 2.75) is 32.2 Å². The van der Waals surface area contributed by atoms with E-state index in [2.05, 4.69) is 9.78 Å². The summed E-state index contributed by atoms with van der Waals surface area (Å²) >= 11 is 0. The van der Waals surface area contributed by atoms with E-state index in [4.69, 9.17) is 21.3 Å². The van der Waals surface area contributed by atoms with Gasteiger partial charge in [-0.2, -0.15) is 4.79 Å². The number of nitrogens with zero attached hydrogens (tertiary/aromatic N) is 3. The maximum absolute atomic E-state index is 10.1. The molecule has 0 aromatic rings. The minimum atomic E-state index is -2.67. The predicted octanol–water partition coefficient (Wildman–Crippen LogP) is 0.111. The Bertz CT molecular complexity index is 351. The molecule has 0 saturated heterocycles. The number of hydrogen-bond acceptors (Lipinski definition) is 4. The molecule has 6 nitrogen and oxygen atoms in total. The number of allylic oxidation sites excluding steroid dienone is 1. The Hall–Kier alpha value is -1.34. The van der Waals surface area contributed by atoms with Gasteiger partial charge in [-0.25, -0.2) is 0 Å². The summed E-state index contributed by atoms with van der Waals surface area (Å²) in [4.78, 5) is 7.41. The summed E-state index contributed by atoms with van der Waals surface area (Å²) in [5.41, 5.74) is 15.6. The third-order valence-corrected chi connectivity index (χ3v) is 2.34. The smallest absolute Gasteiger partial charge is 0.398 e. The second-order valence-electron chi connectivity index (χ2n) is 3.80. The normalized spacial score (nSPS) is 17.5. The molecule has 0 radical (unpaired) electrons. The molecule has 0 aliphatic carbocycles. The molecule has 1 unspecified atom stereocenters. The van der Waals surface area contributed by atoms with E-state index < -0.39 is 7.40 Å². The van der Waals surface area contributed by atoms with Crippen molar-refractivity contribution in [1.29, 1.82) is 0 Å². The van der Waals surface area contributed by atoms with Crippen LogP contribution >= 0.6 is 0 Å². The standard InChI is InChI=1S/C10H16N4.BFH2O2/c1-8-6-9(14-12)7-13-10(8)4-2-3-5-11;2-1(3)4/h6-7,10H,2-5,11H2,1H3;3-4H. The molecule has 0 saturated carbocycles. The Kier molecular flexibility index (Phi) is 8.95. The first-order chi connectivity index (χ1) is 8.51. The fourth-order valence-electron chi connectivity index (χ4n) is 1.49. The third-order valence-electron chi connectivity index (χ3n) is 2.34. The highest BCUT2D eigenvalue weighted by Crippen LogP contribution is 2.15. The van der Waals surface area contributed by atoms with E-state index in [1.54, 1.807) is 6.21 Å². The van der Waals surface area contributed by atoms with Crippen molar-refractivity contribution in [3.63, 3.8) is 0 Å². The lowest BCUT2D eigenvalue weighted by Crippen LogP contribution is -2.16. The van der Waals surface area contributed by atoms with Crippen LogP contribution in [0, 0.1) is 0 Å². The highest BCUT2D eigenvalue weighted by molar-refractivity contribution is 6.33. The molecule has 0 aromatic carbocycles. The zero-order chi connectivity index (χ0) is 14.0. The van der Waals surface area contributed by atoms with Crippen LogP contribution in [0.4, 0.5) is 4.32 Å². The van der Waals surface area contributed by atoms with Gasteiger partial charge in [0.1, 0.15) is 6.21 Å². The monoisotopic (exact) mass is 256 g/mol. The lowest BCUT2D eigenvalue weighted by Gasteiger charge is -2.14. The molecule has 4 N–H and O–H groups in total. The fourth-order valence-corrected chi connectivity index (χ4v) is 1.49. The molecule has 8 heteroatoms. The lowest BCUT2D eigenvalue weighted by atomic mass is 9.99. The van der Waals surface area contributed by atoms with Gasteiger partial charge >= 0.3 is 13.1 Å². The average molecular weight is 256 g/mol. The van der Waals surface area contributed by atoms with Gasteiger partial charge in [0, 0.05) is 6.08 Å². The summed E-state index contributed by atoms with van der Waals surface area (Å²) in [6.45, 7) is 2.75. The largest absolute Gasteiger partial charge is 0.674 e. The lowest BCUT2D eigenvalue weighted by molar-refractivity contribution is 0.000319. The third kappa shape index (κ3) is 7.86. The van der Waals surface area contributed by atoms with Crippen molar-refractivity contribution in [3.8, 4) is 0 Å². The first-order valence-corrected chi connectivity index (χ1v) is 5.65. The highest BCUT2D eigenvalue weighted by atomic mass is 19.1. The number of unbranched alkanes of at least 4 members (excludes halogenated alkanes) is 1. The van der Waals surface area contributed by atoms with Crippen LogP contribution in [0.3, 0.4) is 0 Å². The van der Waals surface area contributed by atoms with Crippen LogP contribution in [-0.4, -0.2) is 46.7 Å². The van der Waals surface area contributed by atoms with Crippen molar-refractivity contribution in [2.75, 3.05) is 6.54 Å². The molecule has 0 spiro atoms. The van der Waals surface area contributed by atoms with Crippen LogP contribution in [0.25, 0.3) is 5.53 Å². The van der Waals surface area contributed by atoms with Gasteiger partial charge in [0.05, 0.1) is 6.04 Å². The minimum Gasteiger partial charge on any atom is -0.398 e. The fraction of sp³-hybridized carbons (Fsp3) is 0.600. The zero-order valence-corrected chi connectivity index (χ0v) is 10.3. The van der Waals surface area contributed by atoms with Crippen molar-refractivity contribution in [1.82, 2.24) is 0 Å². The molecule has 100 valence electrons. The summed E-state index contributed by atoms with van der Waals surface area (Å²) in [6.07, 6.45) is 6.63. The number of halogens is 1. The van der Waals surface area contributed by atoms with Crippen molar-refractivity contribution in [2.24, 2.45) is 10.7 Å². The van der Waals surface area contributed by atoms with Crippen LogP contribution in [0.5, 0.6) is 0 Å². The molecule has 1 rings (SSSR count). The van der Waals surface area contributed by atoms with Gasteiger partial charge in [-0.15, -0.1) is 0 Å². The van der Waals surface area contributed by atoms with E-state index in [-0.39, 0.29) is 6.04 Å². The number of nitrogens with two attached hydrogens (primary N) is 1. The highest BCUT2D eigenvalue weighted by Gasteiger charge is 2.16. The zero-order valence-electron chi connectivity index (χ0n) is 10.3. The van der Waals surface area contributed by atoms with E-state index in [1.165, 1.54) is 0 Å². The molecule has 1 atom stereocenters. The summed E-state index contributed by atoms with van der Waals surface area (Å²) < 4.78 is 10.1. The maximum Gasteiger partial charge on any atom is 0.674 e. The molecule has 1 aliphatic rings. The molecule has 18 heavy (non-hydrogen) atoms. The van der Waals surface area contributed by atoms with Crippen LogP contribution in [-0.2, 0) is 0 Å². The van der Waals surface area contributed by atoms with Crippen molar-refractivity contribution >= 4 is 19.3 Å². The van der Waals surface area contributed by atoms with Crippen LogP contribution in [0.1, 0.15) is 26.2 Å². The van der Waals surface area contributed by atoms with Gasteiger partial charge in [-0.1, -0.05) is 0 Å². The van der Waals surface area contributed by atoms with Crippen molar-refractivity contribution < 1.29 is 19.2 Å². The Morgan fingerprint density at radius 3 is 2.61 bits per heavy atom. The van der Waals surface area contributed by atoms with E-state index in [0.29, 0.717) is 5.71 Å². The summed E-state index contributed by atoms with van der Waals surface area (Å²) in [6, 6.07) is 0.243. The molecular formula is C10H18BFN4O2. The Balaban J connectivity index is 0.000000631. The van der Waals surface area contributed by atoms with Crippen LogP contribution in [0.2, 0.25) is 0 Å². The first-order valence-electron chi connectivity index (χ1n) is 5.65. The SMILES string of the molecule is CC1=CC(=[N+]=[N-])C=NC1CCCCN.OB(O)F. The van der Waals surface area contributed by atoms with Gasteiger partial charge in [0.2, 0.25) is 0 Å². The van der Waals surface area contributed by atoms with E-state index in [0.717, 1.165) is 31.4 Å². The number of rotatable bonds is 4. The van der Waals surface area contributed by atoms with Gasteiger partial charge in [-0.05, 0) is 38.3 Å². The Morgan fingerprint density at radius 2 is 2.17 bits per heavy atom. The molecule has 0 fully saturated rings. The second kappa shape index (κ2) is 9.67. The van der Waals surface area contributed by atoms with E-state index >= 15 is 0 Å². The number of dihydropyridines is 1. The summed E-state index contributed by atoms with van der Waals surface area (Å²) in [5.74, 6) is 0. The van der Waals surface area contributed by atoms with E-state index in [1.807, 2.05) is 13.0 Å². The molecule has 0 bridgehead atoms. The molecular weight excluding hydrogens is 238 g/mol. The summed E-state index contributed by atoms with van der Waals surface area (Å²) in [5, 5.41) is 13.9. The molecule has 0 amide bonds. The molecule has 0 aromatic heterocycles. The molecule has 1 aliphatic heterocycles. The van der Waals surface area contributed by atoms with Crippen LogP contribution < -0.4 is 5.73 Å². The maximum atomic E-state index is 10.1. The quantitative estimate of drug-likeness (QED) is 0.287. The minimum absolute atomic E-state index is 0.243. The van der Waals surface area contributed by atoms with Crippen LogP contribution in [0.15, 0.2) is 16.6 Å². The van der Waals surface area contributed by atoms with E-state index in [9.17, 15) is 4.32 Å². The summed E-state index contributed by atoms with van der Waals surface area (Å²) in [7, 11) is -2.67. The average Bonchev–Trinajstić information content (AvgIpc) is 2.30. The number of hydrogen-bond donors (Lipinski definition) is 3. The Labute approximate surface area is 106 Å². The molecule has 1 heterocycles. The van der Waals surface area contributed by atoms with Gasteiger partial charge in [0.25, 0.3) is 0 Å². The predicted molar refractivity (Wildman–Crippen MR) is 68.9 cm³/mol. The Morgan fingerprint density at radius 1 is 1.56 bits per heavy atom. The number of aliphatic imine (C=N–C) groups is 1. The topological polar surface area (TPSA) is 115 Å². The second-order valence-corrected chi connectivity index (χ2v) is 3.80. The van der Waals surface area contributed by atoms with Gasteiger partial charge < -0.3 is 21.3 Å². The first kappa shape index (κ1) is 16.7. The van der Waals surface area contributed by atoms with Gasteiger partial charge in [-0.3, -0.25) is 9.31 Å².